The van der Waals surface area contributed by atoms with Crippen LogP contribution in [0.4, 0.5) is 24.8 Å². The van der Waals surface area contributed by atoms with Gasteiger partial charge in [0.2, 0.25) is 5.95 Å². The minimum Gasteiger partial charge on any atom is -0.351 e. The lowest BCUT2D eigenvalue weighted by Crippen LogP contribution is -2.36. The van der Waals surface area contributed by atoms with Gasteiger partial charge in [-0.15, -0.1) is 0 Å². The van der Waals surface area contributed by atoms with Crippen molar-refractivity contribution in [3.8, 4) is 11.3 Å². The molecular weight excluding hydrogens is 577 g/mol. The fourth-order valence-electron chi connectivity index (χ4n) is 5.04. The number of hydrogen-bond donors (Lipinski definition) is 2. The first-order valence-corrected chi connectivity index (χ1v) is 14.8. The zero-order chi connectivity index (χ0) is 29.5. The highest BCUT2D eigenvalue weighted by atomic mass is 35.5. The number of aromatic nitrogens is 3. The van der Waals surface area contributed by atoms with E-state index >= 15 is 13.2 Å². The smallest absolute Gasteiger partial charge is 0.263 e. The average Bonchev–Trinajstić information content (AvgIpc) is 2.93. The number of benzene rings is 2. The van der Waals surface area contributed by atoms with Gasteiger partial charge in [-0.25, -0.2) is 36.5 Å². The molecule has 0 aliphatic heterocycles. The van der Waals surface area contributed by atoms with Crippen LogP contribution in [-0.2, 0) is 10.0 Å². The van der Waals surface area contributed by atoms with E-state index in [1.807, 2.05) is 0 Å². The topological polar surface area (TPSA) is 100 Å². The molecular formula is C28H28ClF3N6O2S. The van der Waals surface area contributed by atoms with Crippen LogP contribution in [-0.4, -0.2) is 54.4 Å². The highest BCUT2D eigenvalue weighted by molar-refractivity contribution is 7.92. The number of anilines is 2. The van der Waals surface area contributed by atoms with Crippen molar-refractivity contribution in [3.05, 3.63) is 70.6 Å². The Kier molecular flexibility index (Phi) is 8.09. The average molecular weight is 605 g/mol. The quantitative estimate of drug-likeness (QED) is 0.244. The molecule has 8 nitrogen and oxygen atoms in total. The second kappa shape index (κ2) is 11.4. The van der Waals surface area contributed by atoms with Crippen LogP contribution in [0, 0.1) is 24.4 Å². The molecule has 2 aromatic carbocycles. The van der Waals surface area contributed by atoms with Gasteiger partial charge < -0.3 is 10.2 Å². The maximum atomic E-state index is 15.2. The van der Waals surface area contributed by atoms with Gasteiger partial charge in [0.05, 0.1) is 22.4 Å². The van der Waals surface area contributed by atoms with Crippen molar-refractivity contribution < 1.29 is 21.6 Å². The van der Waals surface area contributed by atoms with Crippen molar-refractivity contribution in [3.63, 3.8) is 0 Å². The number of hydrogen-bond acceptors (Lipinski definition) is 7. The molecule has 2 heterocycles. The summed E-state index contributed by atoms with van der Waals surface area (Å²) in [4.78, 5) is 15.1. The van der Waals surface area contributed by atoms with E-state index in [0.29, 0.717) is 34.7 Å². The minimum absolute atomic E-state index is 0.0582. The van der Waals surface area contributed by atoms with Crippen molar-refractivity contribution in [1.82, 2.24) is 19.9 Å². The van der Waals surface area contributed by atoms with Gasteiger partial charge in [0, 0.05) is 17.6 Å². The van der Waals surface area contributed by atoms with Crippen LogP contribution in [0.2, 0.25) is 5.02 Å². The molecule has 0 atom stereocenters. The van der Waals surface area contributed by atoms with E-state index in [4.69, 9.17) is 11.6 Å². The number of pyridine rings is 1. The summed E-state index contributed by atoms with van der Waals surface area (Å²) in [5.41, 5.74) is -0.287. The van der Waals surface area contributed by atoms with E-state index < -0.39 is 43.6 Å². The summed E-state index contributed by atoms with van der Waals surface area (Å²) in [5.74, 6) is -4.06. The Bertz CT molecular complexity index is 1730. The fourth-order valence-corrected chi connectivity index (χ4v) is 6.63. The second-order valence-electron chi connectivity index (χ2n) is 10.3. The van der Waals surface area contributed by atoms with E-state index in [9.17, 15) is 8.42 Å². The lowest BCUT2D eigenvalue weighted by molar-refractivity contribution is 0.221. The van der Waals surface area contributed by atoms with Crippen LogP contribution in [0.5, 0.6) is 0 Å². The first-order chi connectivity index (χ1) is 19.4. The van der Waals surface area contributed by atoms with Crippen LogP contribution in [0.3, 0.4) is 0 Å². The normalized spacial score (nSPS) is 17.7. The molecule has 0 spiro atoms. The molecule has 1 saturated carbocycles. The monoisotopic (exact) mass is 604 g/mol. The highest BCUT2D eigenvalue weighted by Gasteiger charge is 2.27. The molecule has 0 saturated heterocycles. The predicted molar refractivity (Wildman–Crippen MR) is 153 cm³/mol. The Morgan fingerprint density at radius 2 is 1.71 bits per heavy atom. The van der Waals surface area contributed by atoms with Crippen LogP contribution in [0.25, 0.3) is 22.3 Å². The predicted octanol–water partition coefficient (Wildman–Crippen LogP) is 6.16. The fraction of sp³-hybridized carbons (Fsp3) is 0.321. The number of fused-ring (bicyclic) bond motifs is 1. The maximum absolute atomic E-state index is 15.2. The Hall–Kier alpha value is -3.48. The number of nitrogens with one attached hydrogen (secondary N) is 2. The van der Waals surface area contributed by atoms with Crippen molar-refractivity contribution in [2.45, 2.75) is 49.6 Å². The van der Waals surface area contributed by atoms with Crippen LogP contribution >= 0.6 is 11.6 Å². The third-order valence-electron chi connectivity index (χ3n) is 7.29. The SMILES string of the molecule is Cc1cc(-c2cc(F)c(NS(=O)(=O)c3ccccc3Cl)c(F)c2F)nc2cnc(NC3CCC(N(C)C)CC3)nc12. The Morgan fingerprint density at radius 1 is 1.00 bits per heavy atom. The number of halogens is 4. The van der Waals surface area contributed by atoms with Gasteiger partial charge in [0.1, 0.15) is 16.1 Å². The van der Waals surface area contributed by atoms with Crippen molar-refractivity contribution >= 4 is 44.3 Å². The molecule has 0 radical (unpaired) electrons. The Labute approximate surface area is 241 Å². The lowest BCUT2D eigenvalue weighted by atomic mass is 9.91. The molecule has 216 valence electrons. The van der Waals surface area contributed by atoms with E-state index in [0.717, 1.165) is 31.7 Å². The van der Waals surface area contributed by atoms with Gasteiger partial charge in [-0.1, -0.05) is 23.7 Å². The molecule has 1 aliphatic rings. The van der Waals surface area contributed by atoms with Crippen molar-refractivity contribution in [2.75, 3.05) is 24.1 Å². The van der Waals surface area contributed by atoms with Crippen LogP contribution in [0.1, 0.15) is 31.2 Å². The molecule has 2 N–H and O–H groups in total. The van der Waals surface area contributed by atoms with Gasteiger partial charge in [-0.3, -0.25) is 4.72 Å². The van der Waals surface area contributed by atoms with Gasteiger partial charge in [0.25, 0.3) is 10.0 Å². The molecule has 4 aromatic rings. The van der Waals surface area contributed by atoms with Crippen molar-refractivity contribution in [1.29, 1.82) is 0 Å². The van der Waals surface area contributed by atoms with E-state index in [1.165, 1.54) is 30.5 Å². The van der Waals surface area contributed by atoms with E-state index in [1.54, 1.807) is 11.6 Å². The molecule has 2 aromatic heterocycles. The lowest BCUT2D eigenvalue weighted by Gasteiger charge is -2.32. The van der Waals surface area contributed by atoms with Gasteiger partial charge in [-0.05, 0) is 76.5 Å². The molecule has 5 rings (SSSR count). The summed E-state index contributed by atoms with van der Waals surface area (Å²) in [5, 5.41) is 3.22. The third-order valence-corrected chi connectivity index (χ3v) is 9.14. The van der Waals surface area contributed by atoms with Crippen LogP contribution in [0.15, 0.2) is 47.5 Å². The Balaban J connectivity index is 1.42. The Morgan fingerprint density at radius 3 is 2.39 bits per heavy atom. The summed E-state index contributed by atoms with van der Waals surface area (Å²) in [6.45, 7) is 1.73. The van der Waals surface area contributed by atoms with Gasteiger partial charge in [-0.2, -0.15) is 0 Å². The largest absolute Gasteiger partial charge is 0.351 e. The number of rotatable bonds is 7. The second-order valence-corrected chi connectivity index (χ2v) is 12.4. The van der Waals surface area contributed by atoms with Gasteiger partial charge in [0.15, 0.2) is 17.5 Å². The summed E-state index contributed by atoms with van der Waals surface area (Å²) in [6.07, 6.45) is 5.59. The molecule has 1 aliphatic carbocycles. The standard InChI is InChI=1S/C28H28ClF3N6O2S/c1-15-12-21(35-22-14-33-28(36-26(15)22)34-16-8-10-17(11-9-16)38(2)3)18-13-20(30)27(25(32)24(18)31)37-41(39,40)23-7-5-4-6-19(23)29/h4-7,12-14,16-17,37H,8-11H2,1-3H3,(H,33,34,36). The minimum atomic E-state index is -4.51. The first-order valence-electron chi connectivity index (χ1n) is 13.0. The molecule has 41 heavy (non-hydrogen) atoms. The maximum Gasteiger partial charge on any atom is 0.263 e. The van der Waals surface area contributed by atoms with Gasteiger partial charge >= 0.3 is 0 Å². The zero-order valence-corrected chi connectivity index (χ0v) is 24.1. The van der Waals surface area contributed by atoms with E-state index in [-0.39, 0.29) is 16.8 Å². The third kappa shape index (κ3) is 5.95. The molecule has 0 amide bonds. The molecule has 1 fully saturated rings. The zero-order valence-electron chi connectivity index (χ0n) is 22.6. The number of sulfonamides is 1. The summed E-state index contributed by atoms with van der Waals surface area (Å²) in [7, 11) is -0.339. The number of nitrogens with zero attached hydrogens (tertiary/aromatic N) is 4. The summed E-state index contributed by atoms with van der Waals surface area (Å²) < 4.78 is 72.5. The summed E-state index contributed by atoms with van der Waals surface area (Å²) in [6, 6.07) is 8.31. The summed E-state index contributed by atoms with van der Waals surface area (Å²) >= 11 is 5.92. The van der Waals surface area contributed by atoms with Crippen LogP contribution < -0.4 is 10.0 Å². The molecule has 0 bridgehead atoms. The first kappa shape index (κ1) is 29.0. The highest BCUT2D eigenvalue weighted by Crippen LogP contribution is 2.34. The van der Waals surface area contributed by atoms with E-state index in [2.05, 4.69) is 39.3 Å². The number of aryl methyl sites for hydroxylation is 1. The molecule has 0 unspecified atom stereocenters. The van der Waals surface area contributed by atoms with Crippen molar-refractivity contribution in [2.24, 2.45) is 0 Å². The molecule has 13 heteroatoms.